The summed E-state index contributed by atoms with van der Waals surface area (Å²) in [5, 5.41) is 18.8. The van der Waals surface area contributed by atoms with Gasteiger partial charge in [0.15, 0.2) is 15.6 Å². The molecule has 9 nitrogen and oxygen atoms in total. The second kappa shape index (κ2) is 8.61. The molecule has 0 aromatic heterocycles. The molecule has 0 heterocycles. The van der Waals surface area contributed by atoms with Crippen molar-refractivity contribution in [2.24, 2.45) is 10.2 Å². The maximum Gasteiger partial charge on any atom is 0.295 e. The van der Waals surface area contributed by atoms with Crippen LogP contribution in [0, 0.1) is 0 Å². The SMILES string of the molecule is CCCS(=O)(=O)c1ccc(OC)c(/N=N/c2ccc3c(S(=O)(=O)O)cccc3c2O)c1. The molecule has 31 heavy (non-hydrogen) atoms. The van der Waals surface area contributed by atoms with Crippen molar-refractivity contribution in [3.63, 3.8) is 0 Å². The quantitative estimate of drug-likeness (QED) is 0.390. The van der Waals surface area contributed by atoms with Crippen molar-refractivity contribution in [2.75, 3.05) is 12.9 Å². The zero-order valence-corrected chi connectivity index (χ0v) is 18.3. The predicted molar refractivity (Wildman–Crippen MR) is 115 cm³/mol. The maximum absolute atomic E-state index is 12.3. The molecule has 0 amide bonds. The minimum absolute atomic E-state index is 0.0164. The summed E-state index contributed by atoms with van der Waals surface area (Å²) in [5.74, 6) is -0.0779. The molecule has 0 fully saturated rings. The Balaban J connectivity index is 2.09. The number of rotatable bonds is 7. The molecular weight excluding hydrogens is 444 g/mol. The number of fused-ring (bicyclic) bond motifs is 1. The predicted octanol–water partition coefficient (Wildman–Crippen LogP) is 4.40. The number of azo groups is 1. The van der Waals surface area contributed by atoms with E-state index in [4.69, 9.17) is 4.74 Å². The summed E-state index contributed by atoms with van der Waals surface area (Å²) in [6.45, 7) is 1.76. The van der Waals surface area contributed by atoms with Crippen molar-refractivity contribution in [1.29, 1.82) is 0 Å². The highest BCUT2D eigenvalue weighted by Gasteiger charge is 2.18. The lowest BCUT2D eigenvalue weighted by Gasteiger charge is -2.08. The first kappa shape index (κ1) is 22.7. The summed E-state index contributed by atoms with van der Waals surface area (Å²) in [5.41, 5.74) is 0.162. The lowest BCUT2D eigenvalue weighted by atomic mass is 10.1. The van der Waals surface area contributed by atoms with Gasteiger partial charge in [-0.3, -0.25) is 4.55 Å². The van der Waals surface area contributed by atoms with Gasteiger partial charge in [0.05, 0.1) is 17.8 Å². The Labute approximate surface area is 179 Å². The minimum Gasteiger partial charge on any atom is -0.505 e. The molecule has 0 atom stereocenters. The van der Waals surface area contributed by atoms with Gasteiger partial charge in [-0.05, 0) is 36.8 Å². The Morgan fingerprint density at radius 2 is 1.65 bits per heavy atom. The second-order valence-electron chi connectivity index (χ2n) is 6.61. The number of hydrogen-bond donors (Lipinski definition) is 2. The van der Waals surface area contributed by atoms with Crippen LogP contribution in [0.25, 0.3) is 10.8 Å². The molecule has 0 spiro atoms. The van der Waals surface area contributed by atoms with E-state index in [-0.39, 0.29) is 49.2 Å². The first-order valence-electron chi connectivity index (χ1n) is 9.13. The second-order valence-corrected chi connectivity index (χ2v) is 10.1. The Bertz CT molecular complexity index is 1380. The van der Waals surface area contributed by atoms with Gasteiger partial charge in [0.25, 0.3) is 10.1 Å². The van der Waals surface area contributed by atoms with E-state index in [0.717, 1.165) is 0 Å². The Kier molecular flexibility index (Phi) is 6.30. The standard InChI is InChI=1S/C20H20N2O7S2/c1-3-11-30(24,25)13-7-10-18(29-2)17(12-13)22-21-16-9-8-14-15(20(16)23)5-4-6-19(14)31(26,27)28/h4-10,12,23H,3,11H2,1-2H3,(H,26,27,28)/b22-21+. The van der Waals surface area contributed by atoms with E-state index in [9.17, 15) is 26.5 Å². The zero-order valence-electron chi connectivity index (χ0n) is 16.7. The number of nitrogens with zero attached hydrogens (tertiary/aromatic N) is 2. The molecule has 0 radical (unpaired) electrons. The average molecular weight is 465 g/mol. The summed E-state index contributed by atoms with van der Waals surface area (Å²) in [6.07, 6.45) is 0.460. The molecule has 0 unspecified atom stereocenters. The van der Waals surface area contributed by atoms with E-state index in [1.807, 2.05) is 0 Å². The van der Waals surface area contributed by atoms with Gasteiger partial charge in [0, 0.05) is 10.8 Å². The van der Waals surface area contributed by atoms with Gasteiger partial charge in [0.2, 0.25) is 0 Å². The monoisotopic (exact) mass is 464 g/mol. The average Bonchev–Trinajstić information content (AvgIpc) is 2.72. The number of phenolic OH excluding ortho intramolecular Hbond substituents is 1. The van der Waals surface area contributed by atoms with E-state index < -0.39 is 20.0 Å². The first-order valence-corrected chi connectivity index (χ1v) is 12.2. The summed E-state index contributed by atoms with van der Waals surface area (Å²) < 4.78 is 62.4. The van der Waals surface area contributed by atoms with E-state index in [1.54, 1.807) is 6.92 Å². The van der Waals surface area contributed by atoms with Crippen LogP contribution in [0.3, 0.4) is 0 Å². The van der Waals surface area contributed by atoms with E-state index in [2.05, 4.69) is 10.2 Å². The van der Waals surface area contributed by atoms with E-state index in [0.29, 0.717) is 6.42 Å². The largest absolute Gasteiger partial charge is 0.505 e. The number of aromatic hydroxyl groups is 1. The summed E-state index contributed by atoms with van der Waals surface area (Å²) in [7, 11) is -6.57. The third-order valence-electron chi connectivity index (χ3n) is 4.50. The maximum atomic E-state index is 12.3. The fourth-order valence-corrected chi connectivity index (χ4v) is 5.09. The van der Waals surface area contributed by atoms with Crippen molar-refractivity contribution >= 4 is 42.1 Å². The van der Waals surface area contributed by atoms with Gasteiger partial charge in [-0.1, -0.05) is 25.1 Å². The highest BCUT2D eigenvalue weighted by atomic mass is 32.2. The van der Waals surface area contributed by atoms with Crippen LogP contribution in [0.5, 0.6) is 11.5 Å². The van der Waals surface area contributed by atoms with Crippen LogP contribution in [0.4, 0.5) is 11.4 Å². The van der Waals surface area contributed by atoms with Crippen LogP contribution < -0.4 is 4.74 Å². The highest BCUT2D eigenvalue weighted by Crippen LogP contribution is 2.39. The Morgan fingerprint density at radius 1 is 0.935 bits per heavy atom. The fourth-order valence-electron chi connectivity index (χ4n) is 3.04. The molecule has 0 aliphatic rings. The van der Waals surface area contributed by atoms with E-state index in [1.165, 1.54) is 55.6 Å². The molecule has 164 valence electrons. The number of ether oxygens (including phenoxy) is 1. The van der Waals surface area contributed by atoms with Crippen molar-refractivity contribution in [3.05, 3.63) is 48.5 Å². The van der Waals surface area contributed by atoms with Crippen molar-refractivity contribution in [1.82, 2.24) is 0 Å². The topological polar surface area (TPSA) is 143 Å². The number of sulfone groups is 1. The number of hydrogen-bond acceptors (Lipinski definition) is 8. The number of methoxy groups -OCH3 is 1. The van der Waals surface area contributed by atoms with Gasteiger partial charge < -0.3 is 9.84 Å². The van der Waals surface area contributed by atoms with Crippen molar-refractivity contribution < 1.29 is 31.2 Å². The first-order chi connectivity index (χ1) is 14.6. The van der Waals surface area contributed by atoms with Gasteiger partial charge in [-0.25, -0.2) is 8.42 Å². The fraction of sp³-hybridized carbons (Fsp3) is 0.200. The normalized spacial score (nSPS) is 12.5. The molecular formula is C20H20N2O7S2. The Morgan fingerprint density at radius 3 is 2.29 bits per heavy atom. The molecule has 11 heteroatoms. The van der Waals surface area contributed by atoms with Crippen molar-refractivity contribution in [3.8, 4) is 11.5 Å². The third kappa shape index (κ3) is 4.68. The van der Waals surface area contributed by atoms with Gasteiger partial charge in [-0.2, -0.15) is 8.42 Å². The van der Waals surface area contributed by atoms with Crippen LogP contribution in [0.15, 0.2) is 68.6 Å². The van der Waals surface area contributed by atoms with Crippen molar-refractivity contribution in [2.45, 2.75) is 23.1 Å². The summed E-state index contributed by atoms with van der Waals surface area (Å²) in [6, 6.07) is 11.0. The molecule has 3 aromatic rings. The number of phenols is 1. The Hall–Kier alpha value is -3.02. The van der Waals surface area contributed by atoms with Gasteiger partial charge in [-0.15, -0.1) is 10.2 Å². The lowest BCUT2D eigenvalue weighted by Crippen LogP contribution is -2.05. The zero-order chi connectivity index (χ0) is 22.8. The van der Waals surface area contributed by atoms with Crippen LogP contribution in [-0.2, 0) is 20.0 Å². The molecule has 3 rings (SSSR count). The lowest BCUT2D eigenvalue weighted by molar-refractivity contribution is 0.415. The van der Waals surface area contributed by atoms with E-state index >= 15 is 0 Å². The molecule has 0 saturated carbocycles. The molecule has 0 aliphatic heterocycles. The molecule has 0 bridgehead atoms. The van der Waals surface area contributed by atoms with Crippen LogP contribution in [0.2, 0.25) is 0 Å². The highest BCUT2D eigenvalue weighted by molar-refractivity contribution is 7.91. The summed E-state index contributed by atoms with van der Waals surface area (Å²) >= 11 is 0. The molecule has 0 saturated heterocycles. The smallest absolute Gasteiger partial charge is 0.295 e. The van der Waals surface area contributed by atoms with Crippen LogP contribution in [0.1, 0.15) is 13.3 Å². The number of benzene rings is 3. The van der Waals surface area contributed by atoms with Crippen LogP contribution >= 0.6 is 0 Å². The van der Waals surface area contributed by atoms with Gasteiger partial charge >= 0.3 is 0 Å². The third-order valence-corrected chi connectivity index (χ3v) is 7.33. The summed E-state index contributed by atoms with van der Waals surface area (Å²) in [4.78, 5) is -0.274. The minimum atomic E-state index is -4.49. The van der Waals surface area contributed by atoms with Gasteiger partial charge in [0.1, 0.15) is 22.0 Å². The molecule has 2 N–H and O–H groups in total. The molecule has 0 aliphatic carbocycles. The molecule has 3 aromatic carbocycles. The van der Waals surface area contributed by atoms with Crippen LogP contribution in [-0.4, -0.2) is 39.4 Å².